The lowest BCUT2D eigenvalue weighted by atomic mass is 9.98. The van der Waals surface area contributed by atoms with Crippen LogP contribution in [-0.2, 0) is 16.0 Å². The highest BCUT2D eigenvalue weighted by molar-refractivity contribution is 6.24. The van der Waals surface area contributed by atoms with Gasteiger partial charge in [0.25, 0.3) is 11.8 Å². The van der Waals surface area contributed by atoms with Gasteiger partial charge in [0.05, 0.1) is 11.1 Å². The highest BCUT2D eigenvalue weighted by atomic mass is 35.5. The second-order valence-electron chi connectivity index (χ2n) is 10.5. The minimum Gasteiger partial charge on any atom is -0.317 e. The SMILES string of the molecule is Cl.O=C1CCC(N2C(=O)c3cccc(CCCCCN4CCN(C5CCNCC5)CC4)c3C2=O)C(=O)N1. The molecule has 0 spiro atoms. The van der Waals surface area contributed by atoms with Crippen molar-refractivity contribution >= 4 is 36.0 Å². The number of halogens is 1. The number of carbonyl (C=O) groups excluding carboxylic acids is 4. The summed E-state index contributed by atoms with van der Waals surface area (Å²) in [4.78, 5) is 56.3. The van der Waals surface area contributed by atoms with Crippen LogP contribution in [0.15, 0.2) is 18.2 Å². The fourth-order valence-electron chi connectivity index (χ4n) is 6.14. The van der Waals surface area contributed by atoms with Crippen LogP contribution in [-0.4, -0.2) is 96.2 Å². The summed E-state index contributed by atoms with van der Waals surface area (Å²) in [5, 5.41) is 5.70. The van der Waals surface area contributed by atoms with Crippen LogP contribution in [0.4, 0.5) is 0 Å². The summed E-state index contributed by atoms with van der Waals surface area (Å²) in [6.07, 6.45) is 6.71. The van der Waals surface area contributed by atoms with Gasteiger partial charge in [-0.05, 0) is 69.8 Å². The van der Waals surface area contributed by atoms with Crippen molar-refractivity contribution in [3.63, 3.8) is 0 Å². The monoisotopic (exact) mass is 531 g/mol. The third kappa shape index (κ3) is 6.06. The van der Waals surface area contributed by atoms with E-state index < -0.39 is 23.8 Å². The smallest absolute Gasteiger partial charge is 0.262 e. The third-order valence-electron chi connectivity index (χ3n) is 8.21. The van der Waals surface area contributed by atoms with Gasteiger partial charge in [-0.1, -0.05) is 18.6 Å². The zero-order valence-electron chi connectivity index (χ0n) is 21.4. The van der Waals surface area contributed by atoms with Crippen LogP contribution in [0.5, 0.6) is 0 Å². The van der Waals surface area contributed by atoms with Crippen molar-refractivity contribution in [1.29, 1.82) is 0 Å². The Bertz CT molecular complexity index is 1020. The maximum atomic E-state index is 13.2. The standard InChI is InChI=1S/C27H37N5O4.ClH/c33-23-9-8-22(25(34)29-23)32-26(35)21-7-4-6-19(24(21)27(32)36)5-2-1-3-14-30-15-17-31(18-16-30)20-10-12-28-13-11-20;/h4,6-7,20,22,28H,1-3,5,8-18H2,(H,29,33,34);1H. The molecular weight excluding hydrogens is 494 g/mol. The number of carbonyl (C=O) groups is 4. The lowest BCUT2D eigenvalue weighted by Crippen LogP contribution is -2.54. The molecule has 5 rings (SSSR count). The highest BCUT2D eigenvalue weighted by Gasteiger charge is 2.45. The molecule has 10 heteroatoms. The van der Waals surface area contributed by atoms with Crippen molar-refractivity contribution in [1.82, 2.24) is 25.3 Å². The van der Waals surface area contributed by atoms with Crippen molar-refractivity contribution in [3.05, 3.63) is 34.9 Å². The number of unbranched alkanes of at least 4 members (excludes halogenated alkanes) is 2. The number of fused-ring (bicyclic) bond motifs is 1. The van der Waals surface area contributed by atoms with E-state index in [-0.39, 0.29) is 31.2 Å². The number of imide groups is 2. The zero-order valence-corrected chi connectivity index (χ0v) is 22.2. The molecule has 202 valence electrons. The van der Waals surface area contributed by atoms with Gasteiger partial charge in [0.15, 0.2) is 0 Å². The van der Waals surface area contributed by atoms with Crippen molar-refractivity contribution in [3.8, 4) is 0 Å². The van der Waals surface area contributed by atoms with Crippen LogP contribution in [0.1, 0.15) is 71.2 Å². The number of nitrogens with zero attached hydrogens (tertiary/aromatic N) is 3. The largest absolute Gasteiger partial charge is 0.317 e. The Labute approximate surface area is 224 Å². The summed E-state index contributed by atoms with van der Waals surface area (Å²) in [5.41, 5.74) is 1.67. The molecular formula is C27H38ClN5O4. The first kappa shape index (κ1) is 27.7. The van der Waals surface area contributed by atoms with Gasteiger partial charge in [-0.3, -0.25) is 34.3 Å². The predicted molar refractivity (Wildman–Crippen MR) is 142 cm³/mol. The van der Waals surface area contributed by atoms with Crippen LogP contribution in [0.2, 0.25) is 0 Å². The Hall–Kier alpha value is -2.33. The van der Waals surface area contributed by atoms with Crippen LogP contribution >= 0.6 is 12.4 Å². The molecule has 4 aliphatic heterocycles. The molecule has 9 nitrogen and oxygen atoms in total. The molecule has 4 heterocycles. The van der Waals surface area contributed by atoms with E-state index >= 15 is 0 Å². The number of piperidine rings is 2. The molecule has 0 bridgehead atoms. The van der Waals surface area contributed by atoms with E-state index in [1.54, 1.807) is 6.07 Å². The number of amides is 4. The summed E-state index contributed by atoms with van der Waals surface area (Å²) < 4.78 is 0. The van der Waals surface area contributed by atoms with E-state index in [0.29, 0.717) is 11.1 Å². The molecule has 0 saturated carbocycles. The molecule has 3 fully saturated rings. The van der Waals surface area contributed by atoms with Crippen LogP contribution in [0.25, 0.3) is 0 Å². The maximum Gasteiger partial charge on any atom is 0.262 e. The summed E-state index contributed by atoms with van der Waals surface area (Å²) in [6.45, 7) is 8.01. The van der Waals surface area contributed by atoms with Crippen LogP contribution in [0.3, 0.4) is 0 Å². The van der Waals surface area contributed by atoms with Crippen LogP contribution in [0, 0.1) is 0 Å². The number of rotatable bonds is 8. The lowest BCUT2D eigenvalue weighted by Gasteiger charge is -2.40. The number of benzene rings is 1. The number of hydrogen-bond donors (Lipinski definition) is 2. The molecule has 0 radical (unpaired) electrons. The van der Waals surface area contributed by atoms with Crippen molar-refractivity contribution in [2.24, 2.45) is 0 Å². The average molecular weight is 532 g/mol. The lowest BCUT2D eigenvalue weighted by molar-refractivity contribution is -0.136. The molecule has 4 aliphatic rings. The quantitative estimate of drug-likeness (QED) is 0.388. The fourth-order valence-corrected chi connectivity index (χ4v) is 6.14. The number of hydrogen-bond acceptors (Lipinski definition) is 7. The van der Waals surface area contributed by atoms with Gasteiger partial charge in [-0.2, -0.15) is 0 Å². The number of piperazine rings is 1. The van der Waals surface area contributed by atoms with Gasteiger partial charge in [0.1, 0.15) is 6.04 Å². The van der Waals surface area contributed by atoms with Gasteiger partial charge in [0, 0.05) is 38.6 Å². The second-order valence-corrected chi connectivity index (χ2v) is 10.5. The van der Waals surface area contributed by atoms with E-state index in [4.69, 9.17) is 0 Å². The second kappa shape index (κ2) is 12.5. The topological polar surface area (TPSA) is 102 Å². The van der Waals surface area contributed by atoms with Crippen molar-refractivity contribution in [2.75, 3.05) is 45.8 Å². The Morgan fingerprint density at radius 2 is 1.62 bits per heavy atom. The molecule has 1 atom stereocenters. The minimum absolute atomic E-state index is 0. The zero-order chi connectivity index (χ0) is 25.1. The average Bonchev–Trinajstić information content (AvgIpc) is 3.15. The molecule has 1 aromatic rings. The van der Waals surface area contributed by atoms with E-state index in [2.05, 4.69) is 20.4 Å². The van der Waals surface area contributed by atoms with E-state index in [0.717, 1.165) is 74.9 Å². The molecule has 0 aliphatic carbocycles. The van der Waals surface area contributed by atoms with Gasteiger partial charge >= 0.3 is 0 Å². The molecule has 3 saturated heterocycles. The maximum absolute atomic E-state index is 13.2. The van der Waals surface area contributed by atoms with Crippen LogP contribution < -0.4 is 10.6 Å². The number of nitrogens with one attached hydrogen (secondary N) is 2. The minimum atomic E-state index is -0.918. The predicted octanol–water partition coefficient (Wildman–Crippen LogP) is 1.59. The third-order valence-corrected chi connectivity index (χ3v) is 8.21. The van der Waals surface area contributed by atoms with E-state index in [9.17, 15) is 19.2 Å². The number of aryl methyl sites for hydroxylation is 1. The van der Waals surface area contributed by atoms with E-state index in [1.165, 1.54) is 25.9 Å². The normalized spacial score (nSPS) is 23.7. The summed E-state index contributed by atoms with van der Waals surface area (Å²) in [7, 11) is 0. The Balaban J connectivity index is 0.00000320. The van der Waals surface area contributed by atoms with Gasteiger partial charge in [-0.25, -0.2) is 0 Å². The molecule has 2 N–H and O–H groups in total. The highest BCUT2D eigenvalue weighted by Crippen LogP contribution is 2.30. The summed E-state index contributed by atoms with van der Waals surface area (Å²) >= 11 is 0. The Morgan fingerprint density at radius 3 is 2.35 bits per heavy atom. The first-order valence-corrected chi connectivity index (χ1v) is 13.5. The summed E-state index contributed by atoms with van der Waals surface area (Å²) in [5.74, 6) is -1.78. The molecule has 1 unspecified atom stereocenters. The molecule has 1 aromatic carbocycles. The molecule has 4 amide bonds. The molecule has 37 heavy (non-hydrogen) atoms. The Morgan fingerprint density at radius 1 is 0.865 bits per heavy atom. The fraction of sp³-hybridized carbons (Fsp3) is 0.630. The van der Waals surface area contributed by atoms with Gasteiger partial charge < -0.3 is 10.2 Å². The first-order valence-electron chi connectivity index (χ1n) is 13.5. The molecule has 0 aromatic heterocycles. The van der Waals surface area contributed by atoms with Gasteiger partial charge in [0.2, 0.25) is 11.8 Å². The van der Waals surface area contributed by atoms with Crippen molar-refractivity contribution in [2.45, 2.75) is 63.5 Å². The summed E-state index contributed by atoms with van der Waals surface area (Å²) in [6, 6.07) is 5.22. The first-order chi connectivity index (χ1) is 17.5. The van der Waals surface area contributed by atoms with Gasteiger partial charge in [-0.15, -0.1) is 12.4 Å². The Kier molecular flexibility index (Phi) is 9.34. The van der Waals surface area contributed by atoms with E-state index in [1.807, 2.05) is 12.1 Å². The van der Waals surface area contributed by atoms with Crippen molar-refractivity contribution < 1.29 is 19.2 Å².